The molecular formula is C96H122BCl5F2N21O12. The third-order valence-electron chi connectivity index (χ3n) is 22.2. The molecule has 11 aromatic rings. The van der Waals surface area contributed by atoms with Gasteiger partial charge in [0.2, 0.25) is 0 Å². The highest BCUT2D eigenvalue weighted by Crippen LogP contribution is 2.41. The Labute approximate surface area is 821 Å². The average Bonchev–Trinajstić information content (AvgIpc) is 0.744. The van der Waals surface area contributed by atoms with Crippen LogP contribution in [0.1, 0.15) is 257 Å². The summed E-state index contributed by atoms with van der Waals surface area (Å²) in [6.07, 6.45) is 3.53. The van der Waals surface area contributed by atoms with E-state index in [4.69, 9.17) is 82.2 Å². The summed E-state index contributed by atoms with van der Waals surface area (Å²) in [5.74, 6) is -0.237. The lowest BCUT2D eigenvalue weighted by Crippen LogP contribution is -2.59. The maximum Gasteiger partial charge on any atom is 0.569 e. The lowest BCUT2D eigenvalue weighted by molar-refractivity contribution is 0.00243. The molecule has 0 bridgehead atoms. The van der Waals surface area contributed by atoms with Gasteiger partial charge in [-0.3, -0.25) is 19.6 Å². The van der Waals surface area contributed by atoms with Crippen molar-refractivity contribution in [2.45, 2.75) is 276 Å². The van der Waals surface area contributed by atoms with Crippen LogP contribution in [0, 0.1) is 11.6 Å². The maximum absolute atomic E-state index is 15.1. The van der Waals surface area contributed by atoms with Gasteiger partial charge in [0.1, 0.15) is 69.3 Å². The van der Waals surface area contributed by atoms with Gasteiger partial charge in [0.25, 0.3) is 5.56 Å². The first kappa shape index (κ1) is 108. The number of nitrogens with one attached hydrogen (secondary N) is 2. The molecule has 41 heteroatoms. The van der Waals surface area contributed by atoms with Crippen LogP contribution >= 0.6 is 58.0 Å². The second kappa shape index (κ2) is 44.8. The van der Waals surface area contributed by atoms with Crippen molar-refractivity contribution in [3.8, 4) is 34.1 Å². The number of halogens is 7. The molecule has 0 saturated carbocycles. The number of hydrogen-bond donors (Lipinski definition) is 3. The fourth-order valence-electron chi connectivity index (χ4n) is 16.4. The summed E-state index contributed by atoms with van der Waals surface area (Å²) in [7, 11) is 0.443. The molecule has 6 atom stereocenters. The van der Waals surface area contributed by atoms with E-state index < -0.39 is 57.2 Å². The van der Waals surface area contributed by atoms with Crippen LogP contribution in [0.2, 0.25) is 25.4 Å². The van der Waals surface area contributed by atoms with Crippen molar-refractivity contribution in [3.63, 3.8) is 0 Å². The summed E-state index contributed by atoms with van der Waals surface area (Å²) in [5, 5.41) is 13.3. The van der Waals surface area contributed by atoms with Crippen LogP contribution in [0.3, 0.4) is 0 Å². The number of amides is 3. The Hall–Kier alpha value is -11.1. The molecule has 3 amide bonds. The molecule has 137 heavy (non-hydrogen) atoms. The molecule has 3 fully saturated rings. The first-order valence-corrected chi connectivity index (χ1v) is 47.3. The summed E-state index contributed by atoms with van der Waals surface area (Å²) in [4.78, 5) is 152. The number of aromatic amines is 1. The zero-order valence-electron chi connectivity index (χ0n) is 82.4. The number of piperazine rings is 3. The molecule has 3 saturated heterocycles. The van der Waals surface area contributed by atoms with Crippen LogP contribution in [0.5, 0.6) is 5.75 Å². The monoisotopic (exact) mass is 1980 g/mol. The van der Waals surface area contributed by atoms with E-state index >= 15 is 4.39 Å². The van der Waals surface area contributed by atoms with Crippen LogP contribution in [-0.4, -0.2) is 212 Å². The first-order valence-electron chi connectivity index (χ1n) is 45.4. The smallest absolute Gasteiger partial charge is 0.535 e. The molecule has 14 rings (SSSR count). The number of ether oxygens (including phenoxy) is 3. The van der Waals surface area contributed by atoms with Crippen molar-refractivity contribution >= 4 is 129 Å². The van der Waals surface area contributed by atoms with Gasteiger partial charge in [-0.1, -0.05) is 165 Å². The molecule has 1 radical (unpaired) electrons. The molecule has 33 nitrogen and oxygen atoms in total. The number of pyridine rings is 3. The minimum Gasteiger partial charge on any atom is -0.535 e. The summed E-state index contributed by atoms with van der Waals surface area (Å²) in [6, 6.07) is 16.3. The molecule has 2 aromatic carbocycles. The molecule has 3 aliphatic rings. The highest BCUT2D eigenvalue weighted by molar-refractivity contribution is 6.42. The lowest BCUT2D eigenvalue weighted by Gasteiger charge is -2.45. The molecule has 3 aliphatic heterocycles. The highest BCUT2D eigenvalue weighted by Gasteiger charge is 2.41. The van der Waals surface area contributed by atoms with E-state index in [9.17, 15) is 38.0 Å². The van der Waals surface area contributed by atoms with Gasteiger partial charge < -0.3 is 43.9 Å². The van der Waals surface area contributed by atoms with Crippen molar-refractivity contribution in [3.05, 3.63) is 199 Å². The zero-order valence-corrected chi connectivity index (χ0v) is 86.2. The van der Waals surface area contributed by atoms with Gasteiger partial charge in [-0.15, -0.1) is 0 Å². The molecule has 3 N–H and O–H groups in total. The number of hydrogen-bond acceptors (Lipinski definition) is 26. The molecule has 9 aromatic heterocycles. The van der Waals surface area contributed by atoms with Gasteiger partial charge in [-0.25, -0.2) is 96.1 Å². The van der Waals surface area contributed by atoms with E-state index in [0.29, 0.717) is 113 Å². The summed E-state index contributed by atoms with van der Waals surface area (Å²) >= 11 is 31.8. The standard InChI is InChI=1S/C34H41ClFN7O3.C28H37Cl2N7O3.C17H17Cl2N5O2.C11H22N2O2.C6H5BFO2/c1-18(2)26-29(27(19(3)4)38-17-37-26)43-31-23(14-24(35)28(39-31)22-12-10-11-13-25(22)36)30(40-32(43)44)41-15-20(5)42(21(6)16-41)33(45)46-34(7,8)9;1-14(2)20-22(21(15(3)4)32-13-31-20)37-25-18(10-19(29)23(30)33-25)24(34-26(37)38)35-11-16(5)36(17(6)12-35)27(39)40-28(7,8)9;1-7(2)11-13(12(8(3)4)21-6-20-11)24-15-9(16(25)23-17(24)26)5-10(18)14(19)22-15;1-8-6-12-7-9(2)13(8)10(14)15-11(3,4)5;8-5-3-1-2-4-6(5)10-7-9/h10-14,17-21H,15-16H2,1-9H3;10,13-17H,11-12H2,1-9H3;5-8H,1-4H3,(H,23,25,26);8-9,12H,6-7H2,1-5H3;1-4,9H/t20-,21+;16-,17+;;8-,9+;. The number of H-pyrrole nitrogens is 1. The van der Waals surface area contributed by atoms with Gasteiger partial charge in [0, 0.05) is 56.9 Å². The number of benzene rings is 2. The van der Waals surface area contributed by atoms with Gasteiger partial charge >= 0.3 is 43.0 Å². The highest BCUT2D eigenvalue weighted by atomic mass is 35.5. The number of nitrogens with zero attached hydrogens (tertiary/aromatic N) is 19. The van der Waals surface area contributed by atoms with Crippen molar-refractivity contribution in [1.82, 2.24) is 93.5 Å². The fourth-order valence-corrected chi connectivity index (χ4v) is 17.2. The molecule has 0 spiro atoms. The van der Waals surface area contributed by atoms with E-state index in [2.05, 4.69) is 64.8 Å². The van der Waals surface area contributed by atoms with Crippen LogP contribution in [-0.2, 0) is 14.2 Å². The molecular weight excluding hydrogens is 1870 g/mol. The quantitative estimate of drug-likeness (QED) is 0.0517. The first-order chi connectivity index (χ1) is 64.1. The maximum atomic E-state index is 15.1. The number of rotatable bonds is 14. The van der Waals surface area contributed by atoms with Crippen molar-refractivity contribution in [1.29, 1.82) is 0 Å². The topological polar surface area (TPSA) is 377 Å². The van der Waals surface area contributed by atoms with E-state index in [1.165, 1.54) is 56.9 Å². The number of anilines is 2. The Bertz CT molecular complexity index is 6400. The molecule has 735 valence electrons. The number of fused-ring (bicyclic) bond motifs is 3. The Balaban J connectivity index is 0.000000192. The number of para-hydroxylation sites is 1. The fraction of sp³-hybridized carbons (Fsp3) is 0.500. The predicted octanol–water partition coefficient (Wildman–Crippen LogP) is 18.8. The van der Waals surface area contributed by atoms with Gasteiger partial charge in [0.15, 0.2) is 22.8 Å². The number of carbonyl (C=O) groups excluding carboxylic acids is 3. The van der Waals surface area contributed by atoms with Crippen LogP contribution in [0.25, 0.3) is 61.4 Å². The van der Waals surface area contributed by atoms with E-state index in [1.54, 1.807) is 52.3 Å². The van der Waals surface area contributed by atoms with Crippen LogP contribution in [0.15, 0.2) is 105 Å². The largest absolute Gasteiger partial charge is 0.569 e. The molecule has 0 unspecified atom stereocenters. The van der Waals surface area contributed by atoms with Crippen molar-refractivity contribution in [2.24, 2.45) is 0 Å². The summed E-state index contributed by atoms with van der Waals surface area (Å²) < 4.78 is 52.9. The molecule has 12 heterocycles. The van der Waals surface area contributed by atoms with Crippen molar-refractivity contribution < 1.29 is 47.1 Å². The Morgan fingerprint density at radius 1 is 0.431 bits per heavy atom. The number of carbonyl (C=O) groups is 3. The van der Waals surface area contributed by atoms with Crippen molar-refractivity contribution in [2.75, 3.05) is 49.1 Å². The molecule has 0 aliphatic carbocycles. The number of aromatic nitrogens is 15. The predicted molar refractivity (Wildman–Crippen MR) is 533 cm³/mol. The van der Waals surface area contributed by atoms with Gasteiger partial charge in [-0.2, -0.15) is 9.97 Å². The minimum atomic E-state index is -0.640. The third-order valence-corrected chi connectivity index (χ3v) is 23.8. The Morgan fingerprint density at radius 3 is 1.09 bits per heavy atom. The van der Waals surface area contributed by atoms with Crippen LogP contribution in [0.4, 0.5) is 34.8 Å². The second-order valence-electron chi connectivity index (χ2n) is 38.9. The normalized spacial score (nSPS) is 17.0. The Kier molecular flexibility index (Phi) is 35.2. The lowest BCUT2D eigenvalue weighted by atomic mass is 10.0. The average molecular weight is 1990 g/mol. The third kappa shape index (κ3) is 25.3. The van der Waals surface area contributed by atoms with Gasteiger partial charge in [0.05, 0.1) is 112 Å². The minimum absolute atomic E-state index is 0.00234. The summed E-state index contributed by atoms with van der Waals surface area (Å²) in [6.45, 7) is 55.7. The van der Waals surface area contributed by atoms with Gasteiger partial charge in [-0.05, 0) is 182 Å². The van der Waals surface area contributed by atoms with E-state index in [1.807, 2.05) is 202 Å². The van der Waals surface area contributed by atoms with E-state index in [-0.39, 0.29) is 143 Å². The van der Waals surface area contributed by atoms with E-state index in [0.717, 1.165) is 13.1 Å². The SMILES string of the molecule is CC(C)c1ncnc(C(C)C)c1-n1c(=O)[nH]c(=O)c2cc(Cl)c(Cl)nc21.CC(C)c1ncnc(C(C)C)c1-n1c(=O)nc(N2C[C@@H](C)N(C(=O)OC(C)(C)C)[C@@H](C)C2)c2cc(Cl)c(-c3ccccc3F)nc21.CC(C)c1ncnc(C(C)C)c1-n1c(=O)nc(N2C[C@@H](C)N(C(=O)OC(C)(C)C)[C@@H](C)C2)c2cc(Cl)c(Cl)nc21.C[C@@H]1CNC[C@H](C)N1C(=O)OC(C)(C)C.O[B]Oc1ccccc1F. The summed E-state index contributed by atoms with van der Waals surface area (Å²) in [5.41, 5.74) is 2.77. The zero-order chi connectivity index (χ0) is 102. The second-order valence-corrected chi connectivity index (χ2v) is 40.9. The Morgan fingerprint density at radius 2 is 0.745 bits per heavy atom. The van der Waals surface area contributed by atoms with Crippen LogP contribution < -0.4 is 42.4 Å².